The maximum absolute atomic E-state index is 12.8. The van der Waals surface area contributed by atoms with Crippen LogP contribution in [0.15, 0.2) is 12.4 Å². The number of piperazine rings is 1. The van der Waals surface area contributed by atoms with Crippen LogP contribution in [0.3, 0.4) is 0 Å². The van der Waals surface area contributed by atoms with Crippen molar-refractivity contribution in [3.05, 3.63) is 18.1 Å². The lowest BCUT2D eigenvalue weighted by Gasteiger charge is -2.37. The Hall–Kier alpha value is -1.78. The second kappa shape index (κ2) is 8.54. The van der Waals surface area contributed by atoms with Crippen molar-refractivity contribution < 1.29 is 18.3 Å². The molecule has 25 heavy (non-hydrogen) atoms. The number of nitrogens with zero attached hydrogens (tertiary/aromatic N) is 5. The Balaban J connectivity index is 2.01. The number of anilines is 1. The Bertz CT molecular complexity index is 666. The van der Waals surface area contributed by atoms with Crippen LogP contribution in [-0.2, 0) is 10.2 Å². The number of hydrogen-bond acceptors (Lipinski definition) is 6. The Morgan fingerprint density at radius 1 is 1.12 bits per heavy atom. The van der Waals surface area contributed by atoms with Crippen molar-refractivity contribution in [1.82, 2.24) is 18.6 Å². The molecule has 2 rings (SSSR count). The van der Waals surface area contributed by atoms with Gasteiger partial charge in [0.1, 0.15) is 5.82 Å². The number of carboxylic acids is 1. The maximum Gasteiger partial charge on any atom is 0.356 e. The smallest absolute Gasteiger partial charge is 0.356 e. The van der Waals surface area contributed by atoms with Gasteiger partial charge in [0, 0.05) is 39.3 Å². The highest BCUT2D eigenvalue weighted by Crippen LogP contribution is 2.17. The van der Waals surface area contributed by atoms with Gasteiger partial charge in [0.2, 0.25) is 0 Å². The van der Waals surface area contributed by atoms with E-state index in [1.807, 2.05) is 18.7 Å². The number of carbonyl (C=O) groups is 1. The lowest BCUT2D eigenvalue weighted by atomic mass is 10.3. The third-order valence-electron chi connectivity index (χ3n) is 4.02. The zero-order chi connectivity index (χ0) is 18.4. The number of hydrogen-bond donors (Lipinski definition) is 1. The third-order valence-corrected chi connectivity index (χ3v) is 6.05. The van der Waals surface area contributed by atoms with E-state index >= 15 is 0 Å². The minimum atomic E-state index is -3.45. The highest BCUT2D eigenvalue weighted by Gasteiger charge is 2.31. The standard InChI is InChI=1S/C15H25N5O4S/c1-3-5-19(6-4-2)25(23,24)20-9-7-18(8-10-20)14-12-16-13(11-17-14)15(21)22/h11-12H,3-10H2,1-2H3,(H,21,22). The van der Waals surface area contributed by atoms with Crippen LogP contribution in [0.2, 0.25) is 0 Å². The molecule has 1 aliphatic rings. The van der Waals surface area contributed by atoms with E-state index < -0.39 is 16.2 Å². The van der Waals surface area contributed by atoms with Gasteiger partial charge < -0.3 is 10.0 Å². The summed E-state index contributed by atoms with van der Waals surface area (Å²) in [5.74, 6) is -0.567. The molecule has 0 radical (unpaired) electrons. The summed E-state index contributed by atoms with van der Waals surface area (Å²) >= 11 is 0. The van der Waals surface area contributed by atoms with E-state index in [0.717, 1.165) is 12.8 Å². The van der Waals surface area contributed by atoms with Crippen LogP contribution in [0.5, 0.6) is 0 Å². The second-order valence-corrected chi connectivity index (χ2v) is 7.79. The zero-order valence-electron chi connectivity index (χ0n) is 14.6. The average Bonchev–Trinajstić information content (AvgIpc) is 2.61. The van der Waals surface area contributed by atoms with Crippen LogP contribution in [0.1, 0.15) is 37.2 Å². The summed E-state index contributed by atoms with van der Waals surface area (Å²) in [6.45, 7) is 6.71. The molecule has 1 fully saturated rings. The highest BCUT2D eigenvalue weighted by molar-refractivity contribution is 7.86. The summed E-state index contributed by atoms with van der Waals surface area (Å²) in [5, 5.41) is 8.86. The Kier molecular flexibility index (Phi) is 6.68. The molecule has 1 aliphatic heterocycles. The lowest BCUT2D eigenvalue weighted by Crippen LogP contribution is -2.53. The van der Waals surface area contributed by atoms with Gasteiger partial charge in [-0.3, -0.25) is 0 Å². The normalized spacial score (nSPS) is 16.4. The first-order valence-corrected chi connectivity index (χ1v) is 9.85. The Morgan fingerprint density at radius 3 is 2.16 bits per heavy atom. The average molecular weight is 371 g/mol. The fraction of sp³-hybridized carbons (Fsp3) is 0.667. The number of carboxylic acid groups (broad SMARTS) is 1. The van der Waals surface area contributed by atoms with Crippen molar-refractivity contribution >= 4 is 22.0 Å². The third kappa shape index (κ3) is 4.65. The monoisotopic (exact) mass is 371 g/mol. The van der Waals surface area contributed by atoms with Crippen molar-refractivity contribution in [3.63, 3.8) is 0 Å². The molecule has 0 saturated carbocycles. The summed E-state index contributed by atoms with van der Waals surface area (Å²) in [5.41, 5.74) is -0.111. The van der Waals surface area contributed by atoms with E-state index in [-0.39, 0.29) is 5.69 Å². The van der Waals surface area contributed by atoms with Crippen LogP contribution in [0.4, 0.5) is 5.82 Å². The Morgan fingerprint density at radius 2 is 1.72 bits per heavy atom. The van der Waals surface area contributed by atoms with Gasteiger partial charge in [-0.2, -0.15) is 17.0 Å². The van der Waals surface area contributed by atoms with Gasteiger partial charge in [-0.1, -0.05) is 13.8 Å². The van der Waals surface area contributed by atoms with Crippen LogP contribution in [0.25, 0.3) is 0 Å². The molecule has 1 N–H and O–H groups in total. The molecule has 0 aromatic carbocycles. The number of rotatable bonds is 8. The molecular weight excluding hydrogens is 346 g/mol. The van der Waals surface area contributed by atoms with Crippen LogP contribution in [-0.4, -0.2) is 77.3 Å². The first-order chi connectivity index (χ1) is 11.9. The minimum Gasteiger partial charge on any atom is -0.476 e. The molecule has 0 atom stereocenters. The molecule has 0 spiro atoms. The van der Waals surface area contributed by atoms with Gasteiger partial charge >= 0.3 is 5.97 Å². The van der Waals surface area contributed by atoms with Crippen molar-refractivity contribution in [2.45, 2.75) is 26.7 Å². The fourth-order valence-corrected chi connectivity index (χ4v) is 4.53. The van der Waals surface area contributed by atoms with Crippen LogP contribution >= 0.6 is 0 Å². The van der Waals surface area contributed by atoms with E-state index in [9.17, 15) is 13.2 Å². The summed E-state index contributed by atoms with van der Waals surface area (Å²) in [4.78, 5) is 20.7. The minimum absolute atomic E-state index is 0.111. The second-order valence-electron chi connectivity index (χ2n) is 5.86. The van der Waals surface area contributed by atoms with Gasteiger partial charge in [0.05, 0.1) is 12.4 Å². The quantitative estimate of drug-likeness (QED) is 0.715. The van der Waals surface area contributed by atoms with E-state index in [2.05, 4.69) is 9.97 Å². The zero-order valence-corrected chi connectivity index (χ0v) is 15.4. The SMILES string of the molecule is CCCN(CCC)S(=O)(=O)N1CCN(c2cnc(C(=O)O)cn2)CC1. The molecule has 1 aromatic rings. The van der Waals surface area contributed by atoms with Crippen molar-refractivity contribution in [2.24, 2.45) is 0 Å². The van der Waals surface area contributed by atoms with Gasteiger partial charge in [-0.05, 0) is 12.8 Å². The van der Waals surface area contributed by atoms with Gasteiger partial charge in [0.15, 0.2) is 5.69 Å². The highest BCUT2D eigenvalue weighted by atomic mass is 32.2. The molecule has 1 aromatic heterocycles. The number of aromatic carboxylic acids is 1. The van der Waals surface area contributed by atoms with E-state index in [1.165, 1.54) is 16.7 Å². The van der Waals surface area contributed by atoms with Crippen molar-refractivity contribution in [3.8, 4) is 0 Å². The molecule has 1 saturated heterocycles. The maximum atomic E-state index is 12.8. The predicted octanol–water partition coefficient (Wildman–Crippen LogP) is 0.664. The van der Waals surface area contributed by atoms with Gasteiger partial charge in [-0.15, -0.1) is 0 Å². The molecule has 0 unspecified atom stereocenters. The topological polar surface area (TPSA) is 107 Å². The van der Waals surface area contributed by atoms with Gasteiger partial charge in [0.25, 0.3) is 10.2 Å². The first-order valence-electron chi connectivity index (χ1n) is 8.45. The van der Waals surface area contributed by atoms with Crippen molar-refractivity contribution in [2.75, 3.05) is 44.2 Å². The molecular formula is C15H25N5O4S. The molecule has 2 heterocycles. The molecule has 0 bridgehead atoms. The Labute approximate surface area is 148 Å². The summed E-state index contributed by atoms with van der Waals surface area (Å²) in [6, 6.07) is 0. The van der Waals surface area contributed by atoms with Gasteiger partial charge in [-0.25, -0.2) is 14.8 Å². The predicted molar refractivity (Wildman–Crippen MR) is 93.9 cm³/mol. The summed E-state index contributed by atoms with van der Waals surface area (Å²) < 4.78 is 28.6. The van der Waals surface area contributed by atoms with Crippen molar-refractivity contribution in [1.29, 1.82) is 0 Å². The first kappa shape index (κ1) is 19.5. The number of aromatic nitrogens is 2. The molecule has 0 aliphatic carbocycles. The molecule has 9 nitrogen and oxygen atoms in total. The fourth-order valence-electron chi connectivity index (χ4n) is 2.75. The summed E-state index contributed by atoms with van der Waals surface area (Å²) in [7, 11) is -3.45. The lowest BCUT2D eigenvalue weighted by molar-refractivity contribution is 0.0690. The van der Waals surface area contributed by atoms with Crippen LogP contribution < -0.4 is 4.90 Å². The largest absolute Gasteiger partial charge is 0.476 e. The molecule has 140 valence electrons. The van der Waals surface area contributed by atoms with E-state index in [0.29, 0.717) is 45.1 Å². The van der Waals surface area contributed by atoms with Crippen LogP contribution in [0, 0.1) is 0 Å². The molecule has 10 heteroatoms. The van der Waals surface area contributed by atoms with E-state index in [4.69, 9.17) is 5.11 Å². The summed E-state index contributed by atoms with van der Waals surface area (Å²) in [6.07, 6.45) is 4.19. The molecule has 0 amide bonds. The van der Waals surface area contributed by atoms with E-state index in [1.54, 1.807) is 4.31 Å².